The van der Waals surface area contributed by atoms with Crippen LogP contribution < -0.4 is 11.3 Å². The minimum atomic E-state index is 0.405. The summed E-state index contributed by atoms with van der Waals surface area (Å²) in [5.74, 6) is 6.42. The van der Waals surface area contributed by atoms with Crippen molar-refractivity contribution in [3.63, 3.8) is 0 Å². The number of ether oxygens (including phenoxy) is 2. The Labute approximate surface area is 122 Å². The second-order valence-corrected chi connectivity index (χ2v) is 4.92. The van der Waals surface area contributed by atoms with Crippen molar-refractivity contribution in [2.45, 2.75) is 45.6 Å². The number of hydrogen-bond donors (Lipinski definition) is 2. The molecule has 3 N–H and O–H groups in total. The summed E-state index contributed by atoms with van der Waals surface area (Å²) < 4.78 is 10.9. The van der Waals surface area contributed by atoms with Crippen molar-refractivity contribution in [1.82, 2.24) is 10.3 Å². The van der Waals surface area contributed by atoms with Crippen molar-refractivity contribution in [3.8, 4) is 0 Å². The maximum atomic E-state index is 5.66. The van der Waals surface area contributed by atoms with Crippen molar-refractivity contribution in [1.29, 1.82) is 0 Å². The van der Waals surface area contributed by atoms with Crippen LogP contribution in [0.1, 0.15) is 39.5 Å². The monoisotopic (exact) mass is 286 g/mol. The largest absolute Gasteiger partial charge is 0.380 e. The van der Waals surface area contributed by atoms with E-state index in [9.17, 15) is 0 Å². The van der Waals surface area contributed by atoms with E-state index in [0.717, 1.165) is 45.1 Å². The van der Waals surface area contributed by atoms with Gasteiger partial charge in [-0.05, 0) is 26.7 Å². The van der Waals surface area contributed by atoms with E-state index in [2.05, 4.69) is 10.3 Å². The Morgan fingerprint density at radius 2 is 1.70 bits per heavy atom. The van der Waals surface area contributed by atoms with Crippen LogP contribution in [-0.4, -0.2) is 56.4 Å². The summed E-state index contributed by atoms with van der Waals surface area (Å²) in [5, 5.41) is 0. The molecule has 0 radical (unpaired) electrons. The van der Waals surface area contributed by atoms with E-state index in [1.165, 1.54) is 12.8 Å². The topological polar surface area (TPSA) is 72.1 Å². The number of nitrogens with two attached hydrogens (primary N) is 1. The highest BCUT2D eigenvalue weighted by Gasteiger charge is 2.17. The molecular weight excluding hydrogens is 256 g/mol. The SMILES string of the molecule is CCOCCN(CCOCC)C(=NC1CCCC1)NN. The lowest BCUT2D eigenvalue weighted by Gasteiger charge is -2.26. The fraction of sp³-hybridized carbons (Fsp3) is 0.929. The van der Waals surface area contributed by atoms with Gasteiger partial charge >= 0.3 is 0 Å². The fourth-order valence-corrected chi connectivity index (χ4v) is 2.38. The first-order valence-electron chi connectivity index (χ1n) is 7.76. The number of nitrogens with one attached hydrogen (secondary N) is 1. The number of rotatable bonds is 9. The second-order valence-electron chi connectivity index (χ2n) is 4.92. The second kappa shape index (κ2) is 10.9. The van der Waals surface area contributed by atoms with Gasteiger partial charge in [0.1, 0.15) is 0 Å². The molecule has 0 saturated heterocycles. The highest BCUT2D eigenvalue weighted by molar-refractivity contribution is 5.79. The molecule has 0 bridgehead atoms. The highest BCUT2D eigenvalue weighted by Crippen LogP contribution is 2.21. The predicted molar refractivity (Wildman–Crippen MR) is 81.6 cm³/mol. The lowest BCUT2D eigenvalue weighted by Crippen LogP contribution is -2.48. The third-order valence-electron chi connectivity index (χ3n) is 3.48. The summed E-state index contributed by atoms with van der Waals surface area (Å²) in [6.07, 6.45) is 4.86. The average Bonchev–Trinajstić information content (AvgIpc) is 2.97. The predicted octanol–water partition coefficient (Wildman–Crippen LogP) is 1.12. The van der Waals surface area contributed by atoms with Crippen molar-refractivity contribution in [2.24, 2.45) is 10.8 Å². The number of hydrazine groups is 1. The van der Waals surface area contributed by atoms with E-state index in [-0.39, 0.29) is 0 Å². The molecule has 20 heavy (non-hydrogen) atoms. The zero-order chi connectivity index (χ0) is 14.6. The van der Waals surface area contributed by atoms with Gasteiger partial charge in [0.2, 0.25) is 5.96 Å². The molecule has 1 fully saturated rings. The molecule has 0 aromatic rings. The van der Waals surface area contributed by atoms with Crippen LogP contribution in [0.25, 0.3) is 0 Å². The summed E-state index contributed by atoms with van der Waals surface area (Å²) in [6.45, 7) is 8.35. The van der Waals surface area contributed by atoms with Gasteiger partial charge in [0, 0.05) is 26.3 Å². The Hall–Kier alpha value is -0.850. The Morgan fingerprint density at radius 1 is 1.15 bits per heavy atom. The molecule has 6 heteroatoms. The van der Waals surface area contributed by atoms with Crippen LogP contribution in [0.4, 0.5) is 0 Å². The number of guanidine groups is 1. The van der Waals surface area contributed by atoms with E-state index in [1.54, 1.807) is 0 Å². The molecule has 1 rings (SSSR count). The molecule has 0 spiro atoms. The molecule has 1 saturated carbocycles. The maximum Gasteiger partial charge on any atom is 0.208 e. The summed E-state index contributed by atoms with van der Waals surface area (Å²) in [5.41, 5.74) is 2.75. The Balaban J connectivity index is 2.54. The van der Waals surface area contributed by atoms with Crippen molar-refractivity contribution < 1.29 is 9.47 Å². The third kappa shape index (κ3) is 6.54. The smallest absolute Gasteiger partial charge is 0.208 e. The Kier molecular flexibility index (Phi) is 9.36. The van der Waals surface area contributed by atoms with E-state index >= 15 is 0 Å². The Bertz CT molecular complexity index is 258. The van der Waals surface area contributed by atoms with Crippen molar-refractivity contribution >= 4 is 5.96 Å². The average molecular weight is 286 g/mol. The molecule has 0 atom stereocenters. The molecule has 1 aliphatic rings. The standard InChI is InChI=1S/C14H30N4O2/c1-3-19-11-9-18(10-12-20-4-2)14(17-15)16-13-7-5-6-8-13/h13H,3-12,15H2,1-2H3,(H,16,17). The van der Waals surface area contributed by atoms with E-state index in [4.69, 9.17) is 20.3 Å². The highest BCUT2D eigenvalue weighted by atomic mass is 16.5. The quantitative estimate of drug-likeness (QED) is 0.218. The lowest BCUT2D eigenvalue weighted by atomic mass is 10.3. The molecule has 6 nitrogen and oxygen atoms in total. The van der Waals surface area contributed by atoms with E-state index < -0.39 is 0 Å². The first kappa shape index (κ1) is 17.2. The van der Waals surface area contributed by atoms with Gasteiger partial charge in [-0.15, -0.1) is 0 Å². The van der Waals surface area contributed by atoms with Gasteiger partial charge in [0.25, 0.3) is 0 Å². The fourth-order valence-electron chi connectivity index (χ4n) is 2.38. The van der Waals surface area contributed by atoms with Crippen molar-refractivity contribution in [2.75, 3.05) is 39.5 Å². The summed E-state index contributed by atoms with van der Waals surface area (Å²) in [7, 11) is 0. The third-order valence-corrected chi connectivity index (χ3v) is 3.48. The van der Waals surface area contributed by atoms with Crippen LogP contribution in [0.2, 0.25) is 0 Å². The van der Waals surface area contributed by atoms with Gasteiger partial charge in [-0.2, -0.15) is 0 Å². The van der Waals surface area contributed by atoms with Gasteiger partial charge in [0.05, 0.1) is 19.3 Å². The molecule has 0 unspecified atom stereocenters. The van der Waals surface area contributed by atoms with Crippen LogP contribution in [0.15, 0.2) is 4.99 Å². The van der Waals surface area contributed by atoms with Crippen LogP contribution in [0, 0.1) is 0 Å². The molecule has 0 aromatic heterocycles. The molecule has 0 heterocycles. The van der Waals surface area contributed by atoms with E-state index in [0.29, 0.717) is 19.3 Å². The molecular formula is C14H30N4O2. The minimum Gasteiger partial charge on any atom is -0.380 e. The zero-order valence-electron chi connectivity index (χ0n) is 12.9. The van der Waals surface area contributed by atoms with Gasteiger partial charge in [-0.25, -0.2) is 10.8 Å². The number of hydrogen-bond acceptors (Lipinski definition) is 4. The number of aliphatic imine (C=N–C) groups is 1. The normalized spacial score (nSPS) is 16.6. The summed E-state index contributed by atoms with van der Waals surface area (Å²) >= 11 is 0. The minimum absolute atomic E-state index is 0.405. The van der Waals surface area contributed by atoms with Gasteiger partial charge in [-0.1, -0.05) is 12.8 Å². The molecule has 118 valence electrons. The molecule has 0 aliphatic heterocycles. The molecule has 0 aromatic carbocycles. The first-order valence-corrected chi connectivity index (χ1v) is 7.76. The molecule has 0 amide bonds. The van der Waals surface area contributed by atoms with Gasteiger partial charge in [-0.3, -0.25) is 5.43 Å². The first-order chi connectivity index (χ1) is 9.81. The Morgan fingerprint density at radius 3 is 2.15 bits per heavy atom. The van der Waals surface area contributed by atoms with Crippen LogP contribution in [0.3, 0.4) is 0 Å². The zero-order valence-corrected chi connectivity index (χ0v) is 12.9. The molecule has 1 aliphatic carbocycles. The van der Waals surface area contributed by atoms with Gasteiger partial charge < -0.3 is 14.4 Å². The van der Waals surface area contributed by atoms with Crippen LogP contribution in [0.5, 0.6) is 0 Å². The summed E-state index contributed by atoms with van der Waals surface area (Å²) in [6, 6.07) is 0.405. The van der Waals surface area contributed by atoms with E-state index in [1.807, 2.05) is 13.8 Å². The maximum absolute atomic E-state index is 5.66. The lowest BCUT2D eigenvalue weighted by molar-refractivity contribution is 0.106. The van der Waals surface area contributed by atoms with Gasteiger partial charge in [0.15, 0.2) is 0 Å². The van der Waals surface area contributed by atoms with Crippen LogP contribution in [-0.2, 0) is 9.47 Å². The van der Waals surface area contributed by atoms with Crippen molar-refractivity contribution in [3.05, 3.63) is 0 Å². The van der Waals surface area contributed by atoms with Crippen LogP contribution >= 0.6 is 0 Å². The number of nitrogens with zero attached hydrogens (tertiary/aromatic N) is 2. The summed E-state index contributed by atoms with van der Waals surface area (Å²) in [4.78, 5) is 6.86.